The zero-order valence-corrected chi connectivity index (χ0v) is 14.4. The van der Waals surface area contributed by atoms with Crippen molar-refractivity contribution in [2.75, 3.05) is 6.61 Å². The number of benzene rings is 1. The number of nitrogens with one attached hydrogen (secondary N) is 1. The summed E-state index contributed by atoms with van der Waals surface area (Å²) in [7, 11) is 0. The topological polar surface area (TPSA) is 96.9 Å². The lowest BCUT2D eigenvalue weighted by molar-refractivity contribution is 0.269. The Hall–Kier alpha value is -3.52. The molecule has 5 rings (SSSR count). The van der Waals surface area contributed by atoms with Crippen molar-refractivity contribution in [1.29, 1.82) is 0 Å². The van der Waals surface area contributed by atoms with E-state index >= 15 is 0 Å². The molecular formula is C19H17N7O. The number of fused-ring (bicyclic) bond motifs is 2. The maximum Gasteiger partial charge on any atom is 0.153 e. The maximum absolute atomic E-state index is 9.05. The van der Waals surface area contributed by atoms with Gasteiger partial charge in [0.05, 0.1) is 48.6 Å². The van der Waals surface area contributed by atoms with Gasteiger partial charge in [0.25, 0.3) is 0 Å². The first-order valence-electron chi connectivity index (χ1n) is 8.69. The summed E-state index contributed by atoms with van der Waals surface area (Å²) in [5, 5.41) is 26.2. The van der Waals surface area contributed by atoms with Crippen LogP contribution in [0.4, 0.5) is 0 Å². The first-order chi connectivity index (χ1) is 13.3. The van der Waals surface area contributed by atoms with Crippen LogP contribution in [0, 0.1) is 0 Å². The summed E-state index contributed by atoms with van der Waals surface area (Å²) in [6.07, 6.45) is 8.05. The fourth-order valence-electron chi connectivity index (χ4n) is 3.23. The molecule has 0 saturated carbocycles. The summed E-state index contributed by atoms with van der Waals surface area (Å²) in [6, 6.07) is 10.1. The Bertz CT molecular complexity index is 1230. The molecule has 0 atom stereocenters. The molecule has 1 aromatic carbocycles. The molecule has 0 aliphatic rings. The summed E-state index contributed by atoms with van der Waals surface area (Å²) in [6.45, 7) is 0.523. The quantitative estimate of drug-likeness (QED) is 0.501. The summed E-state index contributed by atoms with van der Waals surface area (Å²) in [4.78, 5) is 4.46. The van der Waals surface area contributed by atoms with E-state index in [0.29, 0.717) is 6.54 Å². The number of aliphatic hydroxyl groups is 1. The van der Waals surface area contributed by atoms with Gasteiger partial charge in [-0.05, 0) is 29.8 Å². The van der Waals surface area contributed by atoms with E-state index < -0.39 is 0 Å². The Kier molecular flexibility index (Phi) is 3.68. The van der Waals surface area contributed by atoms with Gasteiger partial charge in [0.15, 0.2) is 5.65 Å². The molecule has 0 bridgehead atoms. The first kappa shape index (κ1) is 15.7. The van der Waals surface area contributed by atoms with Crippen molar-refractivity contribution in [3.63, 3.8) is 0 Å². The van der Waals surface area contributed by atoms with Gasteiger partial charge < -0.3 is 5.11 Å². The Morgan fingerprint density at radius 3 is 2.96 bits per heavy atom. The normalized spacial score (nSPS) is 11.6. The maximum atomic E-state index is 9.05. The van der Waals surface area contributed by atoms with E-state index in [1.807, 2.05) is 41.3 Å². The molecule has 0 fully saturated rings. The molecule has 0 aliphatic heterocycles. The van der Waals surface area contributed by atoms with E-state index in [-0.39, 0.29) is 6.61 Å². The van der Waals surface area contributed by atoms with Crippen molar-refractivity contribution in [1.82, 2.24) is 34.6 Å². The van der Waals surface area contributed by atoms with E-state index in [0.717, 1.165) is 39.9 Å². The van der Waals surface area contributed by atoms with E-state index in [1.54, 1.807) is 10.9 Å². The predicted molar refractivity (Wildman–Crippen MR) is 100 cm³/mol. The van der Waals surface area contributed by atoms with Gasteiger partial charge in [-0.3, -0.25) is 9.78 Å². The molecular weight excluding hydrogens is 342 g/mol. The van der Waals surface area contributed by atoms with E-state index in [2.05, 4.69) is 32.4 Å². The minimum Gasteiger partial charge on any atom is -0.394 e. The number of rotatable bonds is 5. The van der Waals surface area contributed by atoms with Crippen LogP contribution >= 0.6 is 0 Å². The van der Waals surface area contributed by atoms with Crippen LogP contribution in [0.15, 0.2) is 55.1 Å². The van der Waals surface area contributed by atoms with Crippen LogP contribution in [-0.2, 0) is 13.0 Å². The van der Waals surface area contributed by atoms with Crippen LogP contribution in [-0.4, -0.2) is 46.3 Å². The van der Waals surface area contributed by atoms with Crippen LogP contribution in [0.2, 0.25) is 0 Å². The smallest absolute Gasteiger partial charge is 0.153 e. The number of H-pyrrole nitrogens is 1. The fraction of sp³-hybridized carbons (Fsp3) is 0.158. The van der Waals surface area contributed by atoms with Crippen molar-refractivity contribution in [2.45, 2.75) is 13.0 Å². The van der Waals surface area contributed by atoms with Gasteiger partial charge in [-0.15, -0.1) is 0 Å². The molecule has 4 aromatic heterocycles. The molecule has 5 aromatic rings. The van der Waals surface area contributed by atoms with Crippen molar-refractivity contribution in [3.8, 4) is 11.3 Å². The van der Waals surface area contributed by atoms with Crippen molar-refractivity contribution in [2.24, 2.45) is 0 Å². The third-order valence-corrected chi connectivity index (χ3v) is 4.58. The number of nitrogens with zero attached hydrogens (tertiary/aromatic N) is 6. The van der Waals surface area contributed by atoms with Crippen LogP contribution in [0.3, 0.4) is 0 Å². The number of aliphatic hydroxyl groups excluding tert-OH is 1. The van der Waals surface area contributed by atoms with Gasteiger partial charge >= 0.3 is 0 Å². The van der Waals surface area contributed by atoms with Gasteiger partial charge in [0, 0.05) is 23.6 Å². The molecule has 0 spiro atoms. The summed E-state index contributed by atoms with van der Waals surface area (Å²) < 4.78 is 3.58. The van der Waals surface area contributed by atoms with Crippen molar-refractivity contribution in [3.05, 3.63) is 66.4 Å². The van der Waals surface area contributed by atoms with E-state index in [9.17, 15) is 0 Å². The van der Waals surface area contributed by atoms with Gasteiger partial charge in [-0.2, -0.15) is 15.3 Å². The molecule has 0 saturated heterocycles. The van der Waals surface area contributed by atoms with Crippen LogP contribution in [0.1, 0.15) is 11.3 Å². The summed E-state index contributed by atoms with van der Waals surface area (Å²) in [5.74, 6) is 0. The second-order valence-electron chi connectivity index (χ2n) is 6.42. The molecule has 4 heterocycles. The highest BCUT2D eigenvalue weighted by Crippen LogP contribution is 2.20. The van der Waals surface area contributed by atoms with Crippen molar-refractivity contribution < 1.29 is 5.11 Å². The van der Waals surface area contributed by atoms with Crippen molar-refractivity contribution >= 4 is 16.6 Å². The first-order valence-corrected chi connectivity index (χ1v) is 8.69. The molecule has 0 radical (unpaired) electrons. The van der Waals surface area contributed by atoms with Gasteiger partial charge in [0.2, 0.25) is 0 Å². The number of aromatic amines is 1. The van der Waals surface area contributed by atoms with E-state index in [4.69, 9.17) is 10.2 Å². The average molecular weight is 359 g/mol. The van der Waals surface area contributed by atoms with Gasteiger partial charge in [-0.1, -0.05) is 6.07 Å². The molecule has 0 aliphatic carbocycles. The zero-order chi connectivity index (χ0) is 18.2. The second kappa shape index (κ2) is 6.33. The molecule has 0 unspecified atom stereocenters. The molecule has 8 nitrogen and oxygen atoms in total. The third-order valence-electron chi connectivity index (χ3n) is 4.58. The van der Waals surface area contributed by atoms with Gasteiger partial charge in [-0.25, -0.2) is 9.50 Å². The monoisotopic (exact) mass is 359 g/mol. The zero-order valence-electron chi connectivity index (χ0n) is 14.4. The minimum absolute atomic E-state index is 0.0558. The molecule has 8 heteroatoms. The lowest BCUT2D eigenvalue weighted by Crippen LogP contribution is -2.02. The largest absolute Gasteiger partial charge is 0.394 e. The molecule has 27 heavy (non-hydrogen) atoms. The van der Waals surface area contributed by atoms with Crippen LogP contribution in [0.5, 0.6) is 0 Å². The Morgan fingerprint density at radius 1 is 1.07 bits per heavy atom. The molecule has 2 N–H and O–H groups in total. The third kappa shape index (κ3) is 2.85. The standard InChI is InChI=1S/C19H17N7O/c27-6-5-25-12-15(10-22-25)18-3-4-19-20-11-16(26(19)24-18)8-13-1-2-17-14(7-13)9-21-23-17/h1-4,7,9-12,27H,5-6,8H2,(H,21,23). The number of hydrogen-bond donors (Lipinski definition) is 2. The lowest BCUT2D eigenvalue weighted by Gasteiger charge is -2.04. The molecule has 134 valence electrons. The Labute approximate surface area is 154 Å². The average Bonchev–Trinajstić information content (AvgIpc) is 3.41. The highest BCUT2D eigenvalue weighted by Gasteiger charge is 2.10. The predicted octanol–water partition coefficient (Wildman–Crippen LogP) is 2.05. The highest BCUT2D eigenvalue weighted by molar-refractivity contribution is 5.78. The number of imidazole rings is 1. The van der Waals surface area contributed by atoms with E-state index in [1.165, 1.54) is 5.56 Å². The minimum atomic E-state index is 0.0558. The fourth-order valence-corrected chi connectivity index (χ4v) is 3.23. The SMILES string of the molecule is OCCn1cc(-c2ccc3ncc(Cc4ccc5[nH]ncc5c4)n3n2)cn1. The second-order valence-corrected chi connectivity index (χ2v) is 6.42. The summed E-state index contributed by atoms with van der Waals surface area (Å²) >= 11 is 0. The van der Waals surface area contributed by atoms with Crippen LogP contribution in [0.25, 0.3) is 27.8 Å². The van der Waals surface area contributed by atoms with Gasteiger partial charge in [0.1, 0.15) is 0 Å². The lowest BCUT2D eigenvalue weighted by atomic mass is 10.1. The highest BCUT2D eigenvalue weighted by atomic mass is 16.3. The summed E-state index contributed by atoms with van der Waals surface area (Å²) in [5.41, 5.74) is 5.74. The van der Waals surface area contributed by atoms with Crippen LogP contribution < -0.4 is 0 Å². The number of hydrogen-bond acceptors (Lipinski definition) is 5. The Balaban J connectivity index is 1.50. The Morgan fingerprint density at radius 2 is 2.04 bits per heavy atom. The molecule has 0 amide bonds. The number of aromatic nitrogens is 7.